The number of para-hydroxylation sites is 3. The Labute approximate surface area is 188 Å². The molecule has 0 aliphatic rings. The molecule has 0 fully saturated rings. The number of carbonyl (C=O) groups is 1. The van der Waals surface area contributed by atoms with Crippen molar-refractivity contribution in [2.75, 3.05) is 18.6 Å². The maximum Gasteiger partial charge on any atom is 0.247 e. The molecule has 6 heteroatoms. The van der Waals surface area contributed by atoms with Crippen LogP contribution in [0.3, 0.4) is 0 Å². The molecule has 0 N–H and O–H groups in total. The van der Waals surface area contributed by atoms with Crippen LogP contribution in [-0.4, -0.2) is 35.2 Å². The van der Waals surface area contributed by atoms with E-state index in [1.165, 1.54) is 0 Å². The second kappa shape index (κ2) is 9.40. The van der Waals surface area contributed by atoms with Crippen molar-refractivity contribution >= 4 is 22.6 Å². The molecule has 4 rings (SSSR count). The van der Waals surface area contributed by atoms with Crippen LogP contribution in [0, 0.1) is 6.92 Å². The fraction of sp³-hybridized carbons (Fsp3) is 0.308. The van der Waals surface area contributed by atoms with Crippen LogP contribution < -0.4 is 4.90 Å². The summed E-state index contributed by atoms with van der Waals surface area (Å²) in [6.45, 7) is 6.77. The molecule has 0 unspecified atom stereocenters. The molecule has 32 heavy (non-hydrogen) atoms. The van der Waals surface area contributed by atoms with E-state index in [4.69, 9.17) is 14.1 Å². The second-order valence-corrected chi connectivity index (χ2v) is 7.99. The molecule has 2 aromatic heterocycles. The number of fused-ring (bicyclic) bond motifs is 1. The van der Waals surface area contributed by atoms with Gasteiger partial charge in [0.05, 0.1) is 35.6 Å². The number of amides is 1. The summed E-state index contributed by atoms with van der Waals surface area (Å²) in [6.07, 6.45) is 2.46. The molecule has 0 radical (unpaired) electrons. The largest absolute Gasteiger partial charge is 0.461 e. The predicted molar refractivity (Wildman–Crippen MR) is 127 cm³/mol. The third-order valence-corrected chi connectivity index (χ3v) is 5.75. The van der Waals surface area contributed by atoms with Crippen LogP contribution in [0.1, 0.15) is 25.0 Å². The number of anilines is 1. The Bertz CT molecular complexity index is 1210. The number of ether oxygens (including phenoxy) is 1. The summed E-state index contributed by atoms with van der Waals surface area (Å²) >= 11 is 0. The van der Waals surface area contributed by atoms with Crippen molar-refractivity contribution in [3.63, 3.8) is 0 Å². The molecule has 166 valence electrons. The van der Waals surface area contributed by atoms with Gasteiger partial charge in [0.2, 0.25) is 5.91 Å². The van der Waals surface area contributed by atoms with Crippen molar-refractivity contribution in [3.05, 3.63) is 72.0 Å². The van der Waals surface area contributed by atoms with E-state index in [0.29, 0.717) is 18.2 Å². The van der Waals surface area contributed by atoms with E-state index < -0.39 is 0 Å². The number of nitrogens with zero attached hydrogens (tertiary/aromatic N) is 3. The van der Waals surface area contributed by atoms with Crippen LogP contribution in [0.2, 0.25) is 0 Å². The van der Waals surface area contributed by atoms with E-state index in [0.717, 1.165) is 34.3 Å². The molecule has 0 aliphatic heterocycles. The molecular weight excluding hydrogens is 402 g/mol. The summed E-state index contributed by atoms with van der Waals surface area (Å²) in [6, 6.07) is 17.6. The zero-order valence-electron chi connectivity index (χ0n) is 19.0. The SMILES string of the molecule is CCc1cccc(C)c1N(C(=O)Cn1c(-c2ccco2)nc2ccccc21)[C@H](C)COC. The lowest BCUT2D eigenvalue weighted by Crippen LogP contribution is -2.44. The van der Waals surface area contributed by atoms with Gasteiger partial charge in [-0.3, -0.25) is 4.79 Å². The van der Waals surface area contributed by atoms with Gasteiger partial charge in [-0.2, -0.15) is 0 Å². The van der Waals surface area contributed by atoms with Gasteiger partial charge in [0.25, 0.3) is 0 Å². The Balaban J connectivity index is 1.80. The minimum atomic E-state index is -0.124. The average molecular weight is 432 g/mol. The average Bonchev–Trinajstić information content (AvgIpc) is 3.44. The van der Waals surface area contributed by atoms with Crippen LogP contribution in [0.5, 0.6) is 0 Å². The Morgan fingerprint density at radius 1 is 1.16 bits per heavy atom. The van der Waals surface area contributed by atoms with E-state index in [1.54, 1.807) is 13.4 Å². The molecule has 0 saturated carbocycles. The lowest BCUT2D eigenvalue weighted by Gasteiger charge is -2.32. The van der Waals surface area contributed by atoms with Gasteiger partial charge in [-0.1, -0.05) is 37.3 Å². The molecule has 2 aromatic carbocycles. The number of carbonyl (C=O) groups excluding carboxylic acids is 1. The number of rotatable bonds is 8. The highest BCUT2D eigenvalue weighted by Gasteiger charge is 2.27. The van der Waals surface area contributed by atoms with Crippen molar-refractivity contribution in [2.45, 2.75) is 39.8 Å². The number of methoxy groups -OCH3 is 1. The first-order valence-corrected chi connectivity index (χ1v) is 10.9. The molecule has 1 amide bonds. The molecule has 2 heterocycles. The van der Waals surface area contributed by atoms with Crippen LogP contribution in [-0.2, 0) is 22.5 Å². The van der Waals surface area contributed by atoms with Crippen molar-refractivity contribution < 1.29 is 13.9 Å². The van der Waals surface area contributed by atoms with Gasteiger partial charge in [-0.25, -0.2) is 4.98 Å². The van der Waals surface area contributed by atoms with Crippen molar-refractivity contribution in [1.29, 1.82) is 0 Å². The fourth-order valence-electron chi connectivity index (χ4n) is 4.30. The van der Waals surface area contributed by atoms with Crippen LogP contribution in [0.4, 0.5) is 5.69 Å². The second-order valence-electron chi connectivity index (χ2n) is 7.99. The highest BCUT2D eigenvalue weighted by atomic mass is 16.5. The first-order valence-electron chi connectivity index (χ1n) is 10.9. The quantitative estimate of drug-likeness (QED) is 0.383. The van der Waals surface area contributed by atoms with E-state index in [2.05, 4.69) is 26.0 Å². The number of benzene rings is 2. The zero-order valence-corrected chi connectivity index (χ0v) is 19.0. The van der Waals surface area contributed by atoms with Crippen LogP contribution in [0.25, 0.3) is 22.6 Å². The molecule has 0 bridgehead atoms. The molecule has 6 nitrogen and oxygen atoms in total. The standard InChI is InChI=1S/C26H29N3O3/c1-5-20-11-8-10-18(2)25(20)29(19(3)17-31-4)24(30)16-28-22-13-7-6-12-21(22)27-26(28)23-14-9-15-32-23/h6-15,19H,5,16-17H2,1-4H3/t19-/m1/s1. The first kappa shape index (κ1) is 21.8. The predicted octanol–water partition coefficient (Wildman–Crippen LogP) is 5.24. The Kier molecular flexibility index (Phi) is 6.42. The van der Waals surface area contributed by atoms with Gasteiger partial charge in [0.15, 0.2) is 11.6 Å². The molecule has 4 aromatic rings. The lowest BCUT2D eigenvalue weighted by atomic mass is 10.0. The highest BCUT2D eigenvalue weighted by Crippen LogP contribution is 2.30. The lowest BCUT2D eigenvalue weighted by molar-refractivity contribution is -0.119. The van der Waals surface area contributed by atoms with Gasteiger partial charge in [0.1, 0.15) is 6.54 Å². The van der Waals surface area contributed by atoms with Gasteiger partial charge in [-0.15, -0.1) is 0 Å². The van der Waals surface area contributed by atoms with Crippen LogP contribution >= 0.6 is 0 Å². The summed E-state index contributed by atoms with van der Waals surface area (Å²) in [4.78, 5) is 20.5. The summed E-state index contributed by atoms with van der Waals surface area (Å²) in [5.41, 5.74) is 4.90. The number of aryl methyl sites for hydroxylation is 2. The third-order valence-electron chi connectivity index (χ3n) is 5.75. The topological polar surface area (TPSA) is 60.5 Å². The summed E-state index contributed by atoms with van der Waals surface area (Å²) < 4.78 is 13.0. The van der Waals surface area contributed by atoms with Crippen LogP contribution in [0.15, 0.2) is 65.3 Å². The summed E-state index contributed by atoms with van der Waals surface area (Å²) in [5.74, 6) is 1.26. The number of imidazole rings is 1. The summed E-state index contributed by atoms with van der Waals surface area (Å²) in [5, 5.41) is 0. The maximum atomic E-state index is 13.9. The molecule has 0 aliphatic carbocycles. The van der Waals surface area contributed by atoms with E-state index in [-0.39, 0.29) is 18.5 Å². The molecule has 0 saturated heterocycles. The number of hydrogen-bond acceptors (Lipinski definition) is 4. The first-order chi connectivity index (χ1) is 15.5. The number of aromatic nitrogens is 2. The van der Waals surface area contributed by atoms with Gasteiger partial charge in [-0.05, 0) is 55.7 Å². The van der Waals surface area contributed by atoms with Crippen molar-refractivity contribution in [3.8, 4) is 11.6 Å². The van der Waals surface area contributed by atoms with Crippen molar-refractivity contribution in [2.24, 2.45) is 0 Å². The van der Waals surface area contributed by atoms with E-state index >= 15 is 0 Å². The smallest absolute Gasteiger partial charge is 0.247 e. The highest BCUT2D eigenvalue weighted by molar-refractivity contribution is 5.96. The van der Waals surface area contributed by atoms with Gasteiger partial charge < -0.3 is 18.6 Å². The van der Waals surface area contributed by atoms with Crippen molar-refractivity contribution in [1.82, 2.24) is 9.55 Å². The minimum Gasteiger partial charge on any atom is -0.461 e. The van der Waals surface area contributed by atoms with E-state index in [1.807, 2.05) is 58.9 Å². The Morgan fingerprint density at radius 2 is 1.97 bits per heavy atom. The third kappa shape index (κ3) is 4.06. The molecule has 1 atom stereocenters. The monoisotopic (exact) mass is 431 g/mol. The number of furan rings is 1. The summed E-state index contributed by atoms with van der Waals surface area (Å²) in [7, 11) is 1.66. The zero-order chi connectivity index (χ0) is 22.7. The Hall–Kier alpha value is -3.38. The molecular formula is C26H29N3O3. The van der Waals surface area contributed by atoms with Gasteiger partial charge >= 0.3 is 0 Å². The normalized spacial score (nSPS) is 12.2. The minimum absolute atomic E-state index is 0.0190. The number of hydrogen-bond donors (Lipinski definition) is 0. The fourth-order valence-corrected chi connectivity index (χ4v) is 4.30. The Morgan fingerprint density at radius 3 is 2.69 bits per heavy atom. The van der Waals surface area contributed by atoms with Gasteiger partial charge in [0, 0.05) is 7.11 Å². The molecule has 0 spiro atoms. The van der Waals surface area contributed by atoms with E-state index in [9.17, 15) is 4.79 Å². The maximum absolute atomic E-state index is 13.9.